The number of guanidine groups is 1. The third-order valence-electron chi connectivity index (χ3n) is 5.16. The van der Waals surface area contributed by atoms with E-state index < -0.39 is 0 Å². The van der Waals surface area contributed by atoms with E-state index >= 15 is 0 Å². The number of nitrogens with one attached hydrogen (secondary N) is 2. The summed E-state index contributed by atoms with van der Waals surface area (Å²) in [7, 11) is 1.82. The molecule has 1 saturated heterocycles. The Morgan fingerprint density at radius 2 is 1.85 bits per heavy atom. The third kappa shape index (κ3) is 6.11. The topological polar surface area (TPSA) is 65.7 Å². The van der Waals surface area contributed by atoms with E-state index in [1.165, 1.54) is 37.9 Å². The lowest BCUT2D eigenvalue weighted by Crippen LogP contribution is -2.54. The summed E-state index contributed by atoms with van der Waals surface area (Å²) >= 11 is 0. The first-order valence-corrected chi connectivity index (χ1v) is 9.67. The van der Waals surface area contributed by atoms with E-state index in [0.717, 1.165) is 36.8 Å². The molecule has 0 atom stereocenters. The molecule has 0 amide bonds. The molecule has 7 heteroatoms. The van der Waals surface area contributed by atoms with Gasteiger partial charge in [0, 0.05) is 37.7 Å². The summed E-state index contributed by atoms with van der Waals surface area (Å²) in [5.74, 6) is 1.80. The van der Waals surface area contributed by atoms with Crippen LogP contribution in [-0.4, -0.2) is 48.2 Å². The highest BCUT2D eigenvalue weighted by Crippen LogP contribution is 2.20. The van der Waals surface area contributed by atoms with Crippen LogP contribution in [0.2, 0.25) is 0 Å². The van der Waals surface area contributed by atoms with Gasteiger partial charge in [-0.2, -0.15) is 0 Å². The van der Waals surface area contributed by atoms with Crippen LogP contribution in [0.5, 0.6) is 0 Å². The molecule has 26 heavy (non-hydrogen) atoms. The van der Waals surface area contributed by atoms with Crippen LogP contribution in [0.1, 0.15) is 64.0 Å². The van der Waals surface area contributed by atoms with Crippen LogP contribution in [0.3, 0.4) is 0 Å². The van der Waals surface area contributed by atoms with E-state index in [9.17, 15) is 0 Å². The van der Waals surface area contributed by atoms with Gasteiger partial charge < -0.3 is 15.2 Å². The largest absolute Gasteiger partial charge is 0.361 e. The van der Waals surface area contributed by atoms with Crippen LogP contribution in [0, 0.1) is 0 Å². The van der Waals surface area contributed by atoms with Gasteiger partial charge in [0.25, 0.3) is 0 Å². The molecule has 0 radical (unpaired) electrons. The van der Waals surface area contributed by atoms with E-state index in [1.807, 2.05) is 7.05 Å². The number of aryl methyl sites for hydroxylation is 2. The van der Waals surface area contributed by atoms with Gasteiger partial charge >= 0.3 is 0 Å². The molecule has 1 aromatic heterocycles. The molecule has 0 unspecified atom stereocenters. The average Bonchev–Trinajstić information content (AvgIpc) is 3.04. The molecular formula is C19H36IN5O. The fourth-order valence-corrected chi connectivity index (χ4v) is 3.44. The zero-order valence-electron chi connectivity index (χ0n) is 17.0. The number of hydrogen-bond donors (Lipinski definition) is 2. The first-order valence-electron chi connectivity index (χ1n) is 9.67. The van der Waals surface area contributed by atoms with Crippen molar-refractivity contribution in [2.24, 2.45) is 4.99 Å². The highest BCUT2D eigenvalue weighted by Gasteiger charge is 2.28. The summed E-state index contributed by atoms with van der Waals surface area (Å²) in [6.07, 6.45) is 5.72. The Labute approximate surface area is 175 Å². The number of aliphatic imine (C=N–C) groups is 1. The van der Waals surface area contributed by atoms with Crippen LogP contribution >= 0.6 is 24.0 Å². The van der Waals surface area contributed by atoms with E-state index in [-0.39, 0.29) is 29.5 Å². The van der Waals surface area contributed by atoms with E-state index in [1.54, 1.807) is 0 Å². The minimum absolute atomic E-state index is 0. The molecule has 0 spiro atoms. The summed E-state index contributed by atoms with van der Waals surface area (Å²) in [6.45, 7) is 12.8. The lowest BCUT2D eigenvalue weighted by atomic mass is 9.98. The molecule has 1 aromatic rings. The van der Waals surface area contributed by atoms with Crippen LogP contribution in [0.25, 0.3) is 0 Å². The normalized spacial score (nSPS) is 16.3. The van der Waals surface area contributed by atoms with Gasteiger partial charge in [-0.3, -0.25) is 9.89 Å². The number of piperidine rings is 1. The first kappa shape index (κ1) is 23.2. The third-order valence-corrected chi connectivity index (χ3v) is 5.16. The van der Waals surface area contributed by atoms with Crippen molar-refractivity contribution in [3.63, 3.8) is 0 Å². The second-order valence-corrected chi connectivity index (χ2v) is 7.38. The summed E-state index contributed by atoms with van der Waals surface area (Å²) in [5.41, 5.74) is 2.33. The second kappa shape index (κ2) is 11.1. The van der Waals surface area contributed by atoms with Crippen molar-refractivity contribution in [3.05, 3.63) is 17.0 Å². The monoisotopic (exact) mass is 477 g/mol. The van der Waals surface area contributed by atoms with Crippen LogP contribution in [0.15, 0.2) is 9.52 Å². The van der Waals surface area contributed by atoms with Gasteiger partial charge in [0.1, 0.15) is 5.76 Å². The molecule has 0 bridgehead atoms. The zero-order chi connectivity index (χ0) is 18.3. The zero-order valence-corrected chi connectivity index (χ0v) is 19.4. The number of aromatic nitrogens is 1. The van der Waals surface area contributed by atoms with Gasteiger partial charge in [-0.15, -0.1) is 24.0 Å². The van der Waals surface area contributed by atoms with Crippen molar-refractivity contribution < 1.29 is 4.52 Å². The minimum atomic E-state index is 0. The van der Waals surface area contributed by atoms with Crippen LogP contribution < -0.4 is 10.6 Å². The molecule has 6 nitrogen and oxygen atoms in total. The van der Waals surface area contributed by atoms with Gasteiger partial charge in [0.05, 0.1) is 5.69 Å². The number of rotatable bonds is 7. The van der Waals surface area contributed by atoms with Gasteiger partial charge in [0.15, 0.2) is 5.96 Å². The molecule has 0 saturated carbocycles. The summed E-state index contributed by atoms with van der Waals surface area (Å²) in [5, 5.41) is 11.1. The molecule has 2 N–H and O–H groups in total. The number of nitrogens with zero attached hydrogens (tertiary/aromatic N) is 3. The first-order chi connectivity index (χ1) is 12.0. The number of hydrogen-bond acceptors (Lipinski definition) is 4. The lowest BCUT2D eigenvalue weighted by Gasteiger charge is -2.41. The highest BCUT2D eigenvalue weighted by atomic mass is 127. The van der Waals surface area contributed by atoms with Crippen LogP contribution in [-0.2, 0) is 19.4 Å². The fourth-order valence-electron chi connectivity index (χ4n) is 3.44. The molecule has 0 aliphatic carbocycles. The predicted molar refractivity (Wildman–Crippen MR) is 118 cm³/mol. The smallest absolute Gasteiger partial charge is 0.191 e. The van der Waals surface area contributed by atoms with Gasteiger partial charge in [-0.1, -0.05) is 25.4 Å². The number of halogens is 1. The summed E-state index contributed by atoms with van der Waals surface area (Å²) in [6, 6.07) is 0. The Morgan fingerprint density at radius 3 is 2.42 bits per heavy atom. The Hall–Kier alpha value is -0.830. The molecule has 150 valence electrons. The van der Waals surface area contributed by atoms with E-state index in [2.05, 4.69) is 53.4 Å². The molecular weight excluding hydrogens is 441 g/mol. The van der Waals surface area contributed by atoms with Gasteiger partial charge in [-0.05, 0) is 46.2 Å². The maximum atomic E-state index is 5.44. The molecule has 1 aliphatic heterocycles. The Balaban J connectivity index is 0.00000338. The Kier molecular flexibility index (Phi) is 9.92. The molecule has 0 aromatic carbocycles. The van der Waals surface area contributed by atoms with E-state index in [0.29, 0.717) is 6.54 Å². The van der Waals surface area contributed by atoms with Crippen molar-refractivity contribution in [1.82, 2.24) is 20.7 Å². The second-order valence-electron chi connectivity index (χ2n) is 7.38. The molecule has 1 aliphatic rings. The lowest BCUT2D eigenvalue weighted by molar-refractivity contribution is 0.0982. The number of likely N-dealkylation sites (tertiary alicyclic amines) is 1. The molecule has 2 rings (SSSR count). The summed E-state index contributed by atoms with van der Waals surface area (Å²) < 4.78 is 5.44. The highest BCUT2D eigenvalue weighted by molar-refractivity contribution is 14.0. The minimum Gasteiger partial charge on any atom is -0.361 e. The Bertz CT molecular complexity index is 543. The van der Waals surface area contributed by atoms with Crippen LogP contribution in [0.4, 0.5) is 0 Å². The average molecular weight is 477 g/mol. The maximum absolute atomic E-state index is 5.44. The van der Waals surface area contributed by atoms with Gasteiger partial charge in [-0.25, -0.2) is 0 Å². The predicted octanol–water partition coefficient (Wildman–Crippen LogP) is 3.35. The Morgan fingerprint density at radius 1 is 1.15 bits per heavy atom. The van der Waals surface area contributed by atoms with Crippen molar-refractivity contribution in [3.8, 4) is 0 Å². The van der Waals surface area contributed by atoms with E-state index in [4.69, 9.17) is 4.52 Å². The molecule has 2 heterocycles. The quantitative estimate of drug-likeness (QED) is 0.358. The fraction of sp³-hybridized carbons (Fsp3) is 0.789. The molecule has 1 fully saturated rings. The maximum Gasteiger partial charge on any atom is 0.191 e. The van der Waals surface area contributed by atoms with Crippen molar-refractivity contribution in [2.45, 2.75) is 71.9 Å². The summed E-state index contributed by atoms with van der Waals surface area (Å²) in [4.78, 5) is 6.96. The SMILES string of the molecule is CCc1noc(CC)c1CNC(=NC)NCC(C)(C)N1CCCCC1.I. The standard InChI is InChI=1S/C19H35N5O.HI/c1-6-16-15(17(7-2)25-23-16)13-21-18(20-5)22-14-19(3,4)24-11-9-8-10-12-24;/h6-14H2,1-5H3,(H2,20,21,22);1H. The van der Waals surface area contributed by atoms with Crippen molar-refractivity contribution >= 4 is 29.9 Å². The van der Waals surface area contributed by atoms with Gasteiger partial charge in [0.2, 0.25) is 0 Å². The van der Waals surface area contributed by atoms with Crippen molar-refractivity contribution in [1.29, 1.82) is 0 Å². The van der Waals surface area contributed by atoms with Crippen molar-refractivity contribution in [2.75, 3.05) is 26.7 Å².